The molecular formula is C22H24N6OS. The van der Waals surface area contributed by atoms with Crippen LogP contribution in [0, 0.1) is 0 Å². The summed E-state index contributed by atoms with van der Waals surface area (Å²) in [5, 5.41) is 15.2. The molecule has 0 bridgehead atoms. The number of nitrogens with zero attached hydrogens (tertiary/aromatic N) is 4. The van der Waals surface area contributed by atoms with Gasteiger partial charge in [-0.05, 0) is 36.4 Å². The number of nitrogens with one attached hydrogen (secondary N) is 2. The van der Waals surface area contributed by atoms with E-state index in [0.717, 1.165) is 48.5 Å². The highest BCUT2D eigenvalue weighted by molar-refractivity contribution is 7.99. The molecule has 0 aliphatic heterocycles. The first-order valence-corrected chi connectivity index (χ1v) is 10.9. The van der Waals surface area contributed by atoms with E-state index in [2.05, 4.69) is 45.1 Å². The lowest BCUT2D eigenvalue weighted by atomic mass is 10.3. The van der Waals surface area contributed by atoms with Crippen molar-refractivity contribution in [3.8, 4) is 0 Å². The molecule has 0 spiro atoms. The highest BCUT2D eigenvalue weighted by Crippen LogP contribution is 2.15. The number of pyridine rings is 1. The average molecular weight is 421 g/mol. The van der Waals surface area contributed by atoms with Crippen LogP contribution in [0.25, 0.3) is 5.65 Å². The molecule has 3 heterocycles. The van der Waals surface area contributed by atoms with Crippen LogP contribution >= 0.6 is 11.8 Å². The van der Waals surface area contributed by atoms with Crippen LogP contribution < -0.4 is 10.6 Å². The summed E-state index contributed by atoms with van der Waals surface area (Å²) in [6.45, 7) is 1.96. The summed E-state index contributed by atoms with van der Waals surface area (Å²) < 4.78 is 7.36. The van der Waals surface area contributed by atoms with E-state index in [9.17, 15) is 0 Å². The van der Waals surface area contributed by atoms with E-state index in [1.165, 1.54) is 4.90 Å². The Kier molecular flexibility index (Phi) is 7.01. The number of hydrogen-bond acceptors (Lipinski definition) is 5. The van der Waals surface area contributed by atoms with Crippen molar-refractivity contribution in [3.05, 3.63) is 84.7 Å². The lowest BCUT2D eigenvalue weighted by molar-refractivity contribution is 0.507. The second-order valence-electron chi connectivity index (χ2n) is 6.55. The largest absolute Gasteiger partial charge is 0.469 e. The van der Waals surface area contributed by atoms with E-state index in [4.69, 9.17) is 9.41 Å². The zero-order valence-electron chi connectivity index (χ0n) is 16.6. The molecule has 0 saturated heterocycles. The summed E-state index contributed by atoms with van der Waals surface area (Å²) in [6.07, 6.45) is 4.44. The highest BCUT2D eigenvalue weighted by Gasteiger charge is 2.05. The lowest BCUT2D eigenvalue weighted by Crippen LogP contribution is -2.39. The van der Waals surface area contributed by atoms with Crippen molar-refractivity contribution in [3.63, 3.8) is 0 Å². The second-order valence-corrected chi connectivity index (χ2v) is 7.72. The Bertz CT molecular complexity index is 1060. The first-order valence-electron chi connectivity index (χ1n) is 9.89. The molecule has 4 aromatic rings. The maximum Gasteiger partial charge on any atom is 0.191 e. The number of aliphatic imine (C=N–C) groups is 1. The zero-order chi connectivity index (χ0) is 20.4. The molecule has 0 aliphatic carbocycles. The van der Waals surface area contributed by atoms with Crippen LogP contribution in [0.15, 0.2) is 87.4 Å². The second kappa shape index (κ2) is 10.5. The van der Waals surface area contributed by atoms with E-state index < -0.39 is 0 Å². The zero-order valence-corrected chi connectivity index (χ0v) is 17.4. The molecule has 0 amide bonds. The third-order valence-corrected chi connectivity index (χ3v) is 5.43. The van der Waals surface area contributed by atoms with Crippen molar-refractivity contribution in [2.45, 2.75) is 17.9 Å². The van der Waals surface area contributed by atoms with Gasteiger partial charge in [-0.15, -0.1) is 22.0 Å². The SMILES string of the molecule is c1ccc(SCCNC(=NCc2nnc3ccccn23)NCCc2ccco2)cc1. The minimum absolute atomic E-state index is 0.438. The Hall–Kier alpha value is -3.26. The average Bonchev–Trinajstić information content (AvgIpc) is 3.45. The summed E-state index contributed by atoms with van der Waals surface area (Å²) in [6, 6.07) is 20.1. The minimum Gasteiger partial charge on any atom is -0.469 e. The monoisotopic (exact) mass is 420 g/mol. The molecule has 0 saturated carbocycles. The molecule has 2 N–H and O–H groups in total. The van der Waals surface area contributed by atoms with Gasteiger partial charge < -0.3 is 15.1 Å². The topological polar surface area (TPSA) is 79.8 Å². The van der Waals surface area contributed by atoms with Crippen molar-refractivity contribution >= 4 is 23.4 Å². The van der Waals surface area contributed by atoms with Gasteiger partial charge in [0, 0.05) is 36.4 Å². The van der Waals surface area contributed by atoms with E-state index in [1.807, 2.05) is 58.8 Å². The van der Waals surface area contributed by atoms with Crippen LogP contribution in [0.2, 0.25) is 0 Å². The third kappa shape index (κ3) is 5.64. The van der Waals surface area contributed by atoms with Gasteiger partial charge in [0.05, 0.1) is 6.26 Å². The summed E-state index contributed by atoms with van der Waals surface area (Å²) >= 11 is 1.82. The number of furan rings is 1. The summed E-state index contributed by atoms with van der Waals surface area (Å²) in [4.78, 5) is 5.97. The molecule has 3 aromatic heterocycles. The quantitative estimate of drug-likeness (QED) is 0.187. The maximum absolute atomic E-state index is 5.40. The number of hydrogen-bond donors (Lipinski definition) is 2. The van der Waals surface area contributed by atoms with E-state index >= 15 is 0 Å². The van der Waals surface area contributed by atoms with Gasteiger partial charge in [-0.2, -0.15) is 0 Å². The Balaban J connectivity index is 1.34. The van der Waals surface area contributed by atoms with Crippen molar-refractivity contribution in [1.82, 2.24) is 25.2 Å². The van der Waals surface area contributed by atoms with Crippen molar-refractivity contribution < 1.29 is 4.42 Å². The van der Waals surface area contributed by atoms with Crippen molar-refractivity contribution in [2.75, 3.05) is 18.8 Å². The van der Waals surface area contributed by atoms with Gasteiger partial charge in [0.15, 0.2) is 17.4 Å². The Labute approximate surface area is 179 Å². The van der Waals surface area contributed by atoms with Crippen LogP contribution in [-0.4, -0.2) is 39.4 Å². The summed E-state index contributed by atoms with van der Waals surface area (Å²) in [5.41, 5.74) is 0.822. The molecular weight excluding hydrogens is 396 g/mol. The fourth-order valence-electron chi connectivity index (χ4n) is 2.94. The molecule has 0 radical (unpaired) electrons. The standard InChI is InChI=1S/C22H24N6OS/c1-2-8-19(9-3-1)30-16-13-24-22(23-12-11-18-7-6-15-29-18)25-17-21-27-26-20-10-4-5-14-28(20)21/h1-10,14-15H,11-13,16-17H2,(H2,23,24,25). The first-order chi connectivity index (χ1) is 14.9. The fourth-order valence-corrected chi connectivity index (χ4v) is 3.73. The van der Waals surface area contributed by atoms with Gasteiger partial charge in [-0.25, -0.2) is 4.99 Å². The molecule has 30 heavy (non-hydrogen) atoms. The highest BCUT2D eigenvalue weighted by atomic mass is 32.2. The molecule has 154 valence electrons. The molecule has 1 aromatic carbocycles. The predicted molar refractivity (Wildman–Crippen MR) is 120 cm³/mol. The summed E-state index contributed by atoms with van der Waals surface area (Å²) in [5.74, 6) is 3.45. The normalized spacial score (nSPS) is 11.7. The van der Waals surface area contributed by atoms with Gasteiger partial charge in [0.1, 0.15) is 12.3 Å². The van der Waals surface area contributed by atoms with Gasteiger partial charge in [0.2, 0.25) is 0 Å². The van der Waals surface area contributed by atoms with Gasteiger partial charge in [-0.1, -0.05) is 24.3 Å². The Morgan fingerprint density at radius 3 is 2.70 bits per heavy atom. The third-order valence-electron chi connectivity index (χ3n) is 4.41. The van der Waals surface area contributed by atoms with E-state index in [1.54, 1.807) is 6.26 Å². The molecule has 0 atom stereocenters. The molecule has 4 rings (SSSR count). The van der Waals surface area contributed by atoms with Crippen LogP contribution in [0.4, 0.5) is 0 Å². The summed E-state index contributed by atoms with van der Waals surface area (Å²) in [7, 11) is 0. The molecule has 0 aliphatic rings. The molecule has 8 heteroatoms. The molecule has 0 unspecified atom stereocenters. The van der Waals surface area contributed by atoms with Crippen molar-refractivity contribution in [1.29, 1.82) is 0 Å². The van der Waals surface area contributed by atoms with Gasteiger partial charge in [-0.3, -0.25) is 4.40 Å². The van der Waals surface area contributed by atoms with Crippen LogP contribution in [0.5, 0.6) is 0 Å². The maximum atomic E-state index is 5.40. The number of thioether (sulfide) groups is 1. The first kappa shape index (κ1) is 20.0. The minimum atomic E-state index is 0.438. The van der Waals surface area contributed by atoms with E-state index in [-0.39, 0.29) is 0 Å². The Morgan fingerprint density at radius 2 is 1.83 bits per heavy atom. The van der Waals surface area contributed by atoms with Gasteiger partial charge in [0.25, 0.3) is 0 Å². The van der Waals surface area contributed by atoms with E-state index in [0.29, 0.717) is 6.54 Å². The van der Waals surface area contributed by atoms with Crippen LogP contribution in [0.3, 0.4) is 0 Å². The lowest BCUT2D eigenvalue weighted by Gasteiger charge is -2.12. The number of aromatic nitrogens is 3. The smallest absolute Gasteiger partial charge is 0.191 e. The number of fused-ring (bicyclic) bond motifs is 1. The molecule has 0 fully saturated rings. The predicted octanol–water partition coefficient (Wildman–Crippen LogP) is 3.39. The number of benzene rings is 1. The van der Waals surface area contributed by atoms with Gasteiger partial charge >= 0.3 is 0 Å². The Morgan fingerprint density at radius 1 is 0.967 bits per heavy atom. The van der Waals surface area contributed by atoms with Crippen LogP contribution in [-0.2, 0) is 13.0 Å². The van der Waals surface area contributed by atoms with Crippen molar-refractivity contribution in [2.24, 2.45) is 4.99 Å². The fraction of sp³-hybridized carbons (Fsp3) is 0.227. The van der Waals surface area contributed by atoms with Crippen LogP contribution in [0.1, 0.15) is 11.6 Å². The number of guanidine groups is 1. The number of rotatable bonds is 9. The molecule has 7 nitrogen and oxygen atoms in total.